The van der Waals surface area contributed by atoms with Crippen molar-refractivity contribution in [2.75, 3.05) is 7.05 Å². The number of fused-ring (bicyclic) bond motifs is 1. The minimum Gasteiger partial charge on any atom is -0.357 e. The van der Waals surface area contributed by atoms with E-state index in [0.717, 1.165) is 24.0 Å². The van der Waals surface area contributed by atoms with Crippen LogP contribution in [0.2, 0.25) is 0 Å². The van der Waals surface area contributed by atoms with Gasteiger partial charge in [0.25, 0.3) is 0 Å². The molecule has 0 fully saturated rings. The molecule has 3 aromatic rings. The summed E-state index contributed by atoms with van der Waals surface area (Å²) < 4.78 is 3.98. The van der Waals surface area contributed by atoms with Crippen molar-refractivity contribution in [3.63, 3.8) is 0 Å². The standard InChI is InChI=1S/C15H19N7.HI/c1-16-15(17-9-12-6-8-21(2)11-12)18-10-14-20-19-13-5-3-4-7-22(13)14;/h3-8,11H,9-10H2,1-2H3,(H2,16,17,18);1H. The van der Waals surface area contributed by atoms with Gasteiger partial charge in [0, 0.05) is 39.2 Å². The van der Waals surface area contributed by atoms with Gasteiger partial charge in [-0.15, -0.1) is 34.2 Å². The zero-order valence-electron chi connectivity index (χ0n) is 13.1. The van der Waals surface area contributed by atoms with Crippen LogP contribution in [0.25, 0.3) is 5.65 Å². The van der Waals surface area contributed by atoms with E-state index in [1.165, 1.54) is 5.56 Å². The monoisotopic (exact) mass is 425 g/mol. The molecule has 3 aromatic heterocycles. The van der Waals surface area contributed by atoms with Gasteiger partial charge in [0.15, 0.2) is 17.4 Å². The number of guanidine groups is 1. The molecule has 7 nitrogen and oxygen atoms in total. The van der Waals surface area contributed by atoms with Crippen LogP contribution in [0.15, 0.2) is 47.8 Å². The third kappa shape index (κ3) is 4.21. The van der Waals surface area contributed by atoms with Crippen LogP contribution in [0, 0.1) is 0 Å². The summed E-state index contributed by atoms with van der Waals surface area (Å²) in [5.74, 6) is 1.58. The molecule has 0 spiro atoms. The zero-order valence-corrected chi connectivity index (χ0v) is 15.4. The summed E-state index contributed by atoms with van der Waals surface area (Å²) in [7, 11) is 3.76. The highest BCUT2D eigenvalue weighted by Gasteiger charge is 2.05. The third-order valence-electron chi connectivity index (χ3n) is 3.38. The molecule has 0 radical (unpaired) electrons. The number of hydrogen-bond acceptors (Lipinski definition) is 3. The summed E-state index contributed by atoms with van der Waals surface area (Å²) in [5, 5.41) is 14.8. The van der Waals surface area contributed by atoms with E-state index in [0.29, 0.717) is 6.54 Å². The maximum absolute atomic E-state index is 4.22. The number of rotatable bonds is 4. The summed E-state index contributed by atoms with van der Waals surface area (Å²) in [6.45, 7) is 1.28. The first kappa shape index (κ1) is 17.3. The number of aryl methyl sites for hydroxylation is 1. The second kappa shape index (κ2) is 7.95. The lowest BCUT2D eigenvalue weighted by atomic mass is 10.3. The number of hydrogen-bond donors (Lipinski definition) is 2. The van der Waals surface area contributed by atoms with Gasteiger partial charge in [0.05, 0.1) is 6.54 Å². The van der Waals surface area contributed by atoms with Crippen LogP contribution in [-0.2, 0) is 20.1 Å². The Hall–Kier alpha value is -2.10. The van der Waals surface area contributed by atoms with Gasteiger partial charge in [-0.1, -0.05) is 6.07 Å². The Labute approximate surface area is 151 Å². The average Bonchev–Trinajstić information content (AvgIpc) is 3.14. The molecule has 0 saturated heterocycles. The van der Waals surface area contributed by atoms with Crippen molar-refractivity contribution in [3.05, 3.63) is 54.2 Å². The van der Waals surface area contributed by atoms with Crippen molar-refractivity contribution < 1.29 is 0 Å². The second-order valence-electron chi connectivity index (χ2n) is 5.01. The lowest BCUT2D eigenvalue weighted by Gasteiger charge is -2.10. The molecule has 0 aliphatic carbocycles. The number of pyridine rings is 1. The van der Waals surface area contributed by atoms with E-state index in [-0.39, 0.29) is 24.0 Å². The molecule has 0 aliphatic rings. The van der Waals surface area contributed by atoms with E-state index >= 15 is 0 Å². The van der Waals surface area contributed by atoms with Gasteiger partial charge in [-0.2, -0.15) is 0 Å². The van der Waals surface area contributed by atoms with Crippen LogP contribution >= 0.6 is 24.0 Å². The van der Waals surface area contributed by atoms with Gasteiger partial charge >= 0.3 is 0 Å². The summed E-state index contributed by atoms with van der Waals surface area (Å²) >= 11 is 0. The van der Waals surface area contributed by atoms with Crippen LogP contribution in [-0.4, -0.2) is 32.2 Å². The zero-order chi connectivity index (χ0) is 15.4. The summed E-state index contributed by atoms with van der Waals surface area (Å²) in [6, 6.07) is 7.91. The van der Waals surface area contributed by atoms with Gasteiger partial charge < -0.3 is 15.2 Å². The van der Waals surface area contributed by atoms with E-state index in [1.807, 2.05) is 46.6 Å². The normalized spacial score (nSPS) is 11.3. The SMILES string of the molecule is CN=C(NCc1ccn(C)c1)NCc1nnc2ccccn12.I. The van der Waals surface area contributed by atoms with Crippen molar-refractivity contribution in [1.82, 2.24) is 29.8 Å². The maximum atomic E-state index is 4.22. The highest BCUT2D eigenvalue weighted by molar-refractivity contribution is 14.0. The van der Waals surface area contributed by atoms with Crippen molar-refractivity contribution >= 4 is 35.6 Å². The Morgan fingerprint density at radius 3 is 2.70 bits per heavy atom. The molecular weight excluding hydrogens is 405 g/mol. The molecule has 3 rings (SSSR count). The molecular formula is C15H20IN7. The predicted molar refractivity (Wildman–Crippen MR) is 101 cm³/mol. The van der Waals surface area contributed by atoms with Gasteiger partial charge in [-0.05, 0) is 23.8 Å². The second-order valence-corrected chi connectivity index (χ2v) is 5.01. The van der Waals surface area contributed by atoms with Crippen LogP contribution in [0.4, 0.5) is 0 Å². The summed E-state index contributed by atoms with van der Waals surface area (Å²) in [6.07, 6.45) is 6.05. The van der Waals surface area contributed by atoms with Crippen LogP contribution in [0.5, 0.6) is 0 Å². The van der Waals surface area contributed by atoms with Gasteiger partial charge in [0.1, 0.15) is 0 Å². The van der Waals surface area contributed by atoms with Crippen molar-refractivity contribution in [3.8, 4) is 0 Å². The van der Waals surface area contributed by atoms with E-state index in [2.05, 4.69) is 38.1 Å². The quantitative estimate of drug-likeness (QED) is 0.378. The maximum Gasteiger partial charge on any atom is 0.191 e. The van der Waals surface area contributed by atoms with Crippen molar-refractivity contribution in [2.45, 2.75) is 13.1 Å². The first-order chi connectivity index (χ1) is 10.8. The Morgan fingerprint density at radius 1 is 1.13 bits per heavy atom. The van der Waals surface area contributed by atoms with Crippen LogP contribution < -0.4 is 10.6 Å². The largest absolute Gasteiger partial charge is 0.357 e. The fourth-order valence-corrected chi connectivity index (χ4v) is 2.25. The molecule has 8 heteroatoms. The molecule has 0 saturated carbocycles. The summed E-state index contributed by atoms with van der Waals surface area (Å²) in [4.78, 5) is 4.22. The number of aliphatic imine (C=N–C) groups is 1. The molecule has 2 N–H and O–H groups in total. The fourth-order valence-electron chi connectivity index (χ4n) is 2.25. The Kier molecular flexibility index (Phi) is 5.97. The number of nitrogens with one attached hydrogen (secondary N) is 2. The van der Waals surface area contributed by atoms with Crippen molar-refractivity contribution in [1.29, 1.82) is 0 Å². The third-order valence-corrected chi connectivity index (χ3v) is 3.38. The van der Waals surface area contributed by atoms with Crippen LogP contribution in [0.1, 0.15) is 11.4 Å². The molecule has 0 atom stereocenters. The molecule has 0 aromatic carbocycles. The molecule has 0 amide bonds. The minimum atomic E-state index is 0. The van der Waals surface area contributed by atoms with Gasteiger partial charge in [-0.25, -0.2) is 0 Å². The predicted octanol–water partition coefficient (Wildman–Crippen LogP) is 1.55. The molecule has 0 unspecified atom stereocenters. The molecule has 3 heterocycles. The lowest BCUT2D eigenvalue weighted by molar-refractivity contribution is 0.762. The first-order valence-electron chi connectivity index (χ1n) is 7.10. The number of nitrogens with zero attached hydrogens (tertiary/aromatic N) is 5. The number of halogens is 1. The topological polar surface area (TPSA) is 71.5 Å². The van der Waals surface area contributed by atoms with E-state index < -0.39 is 0 Å². The molecule has 23 heavy (non-hydrogen) atoms. The molecule has 0 bridgehead atoms. The Bertz CT molecular complexity index is 790. The van der Waals surface area contributed by atoms with Gasteiger partial charge in [-0.3, -0.25) is 9.39 Å². The average molecular weight is 425 g/mol. The lowest BCUT2D eigenvalue weighted by Crippen LogP contribution is -2.36. The summed E-state index contributed by atoms with van der Waals surface area (Å²) in [5.41, 5.74) is 2.05. The highest BCUT2D eigenvalue weighted by Crippen LogP contribution is 2.02. The highest BCUT2D eigenvalue weighted by atomic mass is 127. The number of aromatic nitrogens is 4. The smallest absolute Gasteiger partial charge is 0.191 e. The fraction of sp³-hybridized carbons (Fsp3) is 0.267. The van der Waals surface area contributed by atoms with Crippen molar-refractivity contribution in [2.24, 2.45) is 12.0 Å². The Balaban J connectivity index is 0.00000192. The van der Waals surface area contributed by atoms with Crippen LogP contribution in [0.3, 0.4) is 0 Å². The van der Waals surface area contributed by atoms with E-state index in [1.54, 1.807) is 7.05 Å². The Morgan fingerprint density at radius 2 is 1.96 bits per heavy atom. The van der Waals surface area contributed by atoms with E-state index in [4.69, 9.17) is 0 Å². The first-order valence-corrected chi connectivity index (χ1v) is 7.10. The minimum absolute atomic E-state index is 0. The molecule has 0 aliphatic heterocycles. The van der Waals surface area contributed by atoms with E-state index in [9.17, 15) is 0 Å². The molecule has 122 valence electrons. The van der Waals surface area contributed by atoms with Gasteiger partial charge in [0.2, 0.25) is 0 Å².